The van der Waals surface area contributed by atoms with Gasteiger partial charge in [-0.25, -0.2) is 4.39 Å². The molecule has 2 aliphatic rings. The third kappa shape index (κ3) is 6.06. The van der Waals surface area contributed by atoms with Gasteiger partial charge in [0, 0.05) is 37.4 Å². The molecule has 2 fully saturated rings. The molecule has 0 aliphatic carbocycles. The van der Waals surface area contributed by atoms with Crippen molar-refractivity contribution in [1.82, 2.24) is 15.1 Å². The minimum absolute atomic E-state index is 0.0759. The zero-order valence-corrected chi connectivity index (χ0v) is 22.2. The number of carbonyl (C=O) groups excluding carboxylic acids is 3. The van der Waals surface area contributed by atoms with Crippen LogP contribution in [0.4, 0.5) is 10.1 Å². The molecule has 2 saturated heterocycles. The Morgan fingerprint density at radius 3 is 2.51 bits per heavy atom. The number of benzene rings is 2. The summed E-state index contributed by atoms with van der Waals surface area (Å²) in [6.45, 7) is 2.75. The van der Waals surface area contributed by atoms with Crippen LogP contribution >= 0.6 is 0 Å². The van der Waals surface area contributed by atoms with Gasteiger partial charge in [0.1, 0.15) is 12.1 Å². The number of nitrogens with zero attached hydrogens (tertiary/aromatic N) is 2. The predicted octanol–water partition coefficient (Wildman–Crippen LogP) is -2.15. The van der Waals surface area contributed by atoms with Crippen LogP contribution in [0.1, 0.15) is 27.0 Å². The molecule has 214 valence electrons. The highest BCUT2D eigenvalue weighted by atomic mass is 19.1. The fourth-order valence-corrected chi connectivity index (χ4v) is 4.96. The van der Waals surface area contributed by atoms with Crippen LogP contribution in [0.15, 0.2) is 36.4 Å². The van der Waals surface area contributed by atoms with Gasteiger partial charge in [0.2, 0.25) is 5.91 Å². The minimum Gasteiger partial charge on any atom is -0.392 e. The van der Waals surface area contributed by atoms with Crippen molar-refractivity contribution in [2.24, 2.45) is 0 Å². The standard InChI is InChI=1S/C26H29B2FN4O8/c1-32(21-22(35)30-23(36)25(39,40)24(21,37)38)13-17-16(14-34)3-2-4-20(17)31-26(27,28)18-6-5-15(11-19(18)29)12-33-7-9-41-10-8-33/h2-6,11,14,21,31,37-40H,7-10,12-13H2,1H3,(H,30,35,36). The van der Waals surface area contributed by atoms with Crippen LogP contribution < -0.4 is 10.6 Å². The Morgan fingerprint density at radius 2 is 1.88 bits per heavy atom. The van der Waals surface area contributed by atoms with Crippen molar-refractivity contribution >= 4 is 39.5 Å². The van der Waals surface area contributed by atoms with E-state index < -0.39 is 40.6 Å². The van der Waals surface area contributed by atoms with Gasteiger partial charge >= 0.3 is 5.79 Å². The topological polar surface area (TPSA) is 172 Å². The summed E-state index contributed by atoms with van der Waals surface area (Å²) in [5.41, 5.74) is 0.984. The maximum atomic E-state index is 15.3. The van der Waals surface area contributed by atoms with Crippen LogP contribution in [0.5, 0.6) is 0 Å². The van der Waals surface area contributed by atoms with Crippen molar-refractivity contribution in [1.29, 1.82) is 0 Å². The molecular weight excluding hydrogens is 537 g/mol. The van der Waals surface area contributed by atoms with Crippen molar-refractivity contribution in [3.8, 4) is 0 Å². The maximum absolute atomic E-state index is 15.3. The summed E-state index contributed by atoms with van der Waals surface area (Å²) in [4.78, 5) is 39.2. The maximum Gasteiger partial charge on any atom is 0.303 e. The van der Waals surface area contributed by atoms with E-state index in [2.05, 4.69) is 10.2 Å². The Morgan fingerprint density at radius 1 is 1.20 bits per heavy atom. The lowest BCUT2D eigenvalue weighted by molar-refractivity contribution is -0.356. The van der Waals surface area contributed by atoms with Gasteiger partial charge < -0.3 is 30.5 Å². The monoisotopic (exact) mass is 566 g/mol. The third-order valence-electron chi connectivity index (χ3n) is 7.21. The summed E-state index contributed by atoms with van der Waals surface area (Å²) in [7, 11) is 13.8. The van der Waals surface area contributed by atoms with Gasteiger partial charge in [0.25, 0.3) is 11.7 Å². The molecule has 15 heteroatoms. The summed E-state index contributed by atoms with van der Waals surface area (Å²) in [6.07, 6.45) is 0.488. The van der Waals surface area contributed by atoms with Crippen molar-refractivity contribution in [2.45, 2.75) is 36.0 Å². The summed E-state index contributed by atoms with van der Waals surface area (Å²) in [5, 5.41) is 43.2. The van der Waals surface area contributed by atoms with E-state index in [4.69, 9.17) is 20.4 Å². The number of imide groups is 1. The van der Waals surface area contributed by atoms with Gasteiger partial charge in [0.15, 0.2) is 6.04 Å². The fourth-order valence-electron chi connectivity index (χ4n) is 4.96. The lowest BCUT2D eigenvalue weighted by Crippen LogP contribution is -2.78. The van der Waals surface area contributed by atoms with Crippen LogP contribution in [0.2, 0.25) is 0 Å². The van der Waals surface area contributed by atoms with Crippen LogP contribution in [0.3, 0.4) is 0 Å². The molecule has 4 rings (SSSR count). The molecule has 0 aromatic heterocycles. The van der Waals surface area contributed by atoms with Crippen molar-refractivity contribution in [2.75, 3.05) is 38.7 Å². The second kappa shape index (κ2) is 11.6. The second-order valence-electron chi connectivity index (χ2n) is 10.2. The number of carbonyl (C=O) groups is 3. The first-order chi connectivity index (χ1) is 19.2. The van der Waals surface area contributed by atoms with Crippen LogP contribution in [-0.4, -0.2) is 115 Å². The van der Waals surface area contributed by atoms with E-state index in [9.17, 15) is 34.8 Å². The summed E-state index contributed by atoms with van der Waals surface area (Å²) in [6, 6.07) is 6.81. The van der Waals surface area contributed by atoms with E-state index in [1.165, 1.54) is 37.4 Å². The summed E-state index contributed by atoms with van der Waals surface area (Å²) >= 11 is 0. The molecule has 1 unspecified atom stereocenters. The lowest BCUT2D eigenvalue weighted by atomic mass is 9.57. The minimum atomic E-state index is -3.72. The van der Waals surface area contributed by atoms with Crippen molar-refractivity contribution < 1.29 is 43.9 Å². The highest BCUT2D eigenvalue weighted by molar-refractivity contribution is 6.41. The molecule has 1 atom stereocenters. The van der Waals surface area contributed by atoms with E-state index in [1.807, 2.05) is 0 Å². The Labute approximate surface area is 237 Å². The normalized spacial score (nSPS) is 21.0. The van der Waals surface area contributed by atoms with Gasteiger partial charge in [0.05, 0.1) is 28.9 Å². The number of aldehydes is 1. The zero-order valence-electron chi connectivity index (χ0n) is 22.2. The number of nitrogens with one attached hydrogen (secondary N) is 2. The predicted molar refractivity (Wildman–Crippen MR) is 144 cm³/mol. The Kier molecular flexibility index (Phi) is 8.71. The van der Waals surface area contributed by atoms with E-state index in [0.29, 0.717) is 31.6 Å². The molecule has 0 spiro atoms. The molecule has 6 N–H and O–H groups in total. The molecule has 2 amide bonds. The van der Waals surface area contributed by atoms with Gasteiger partial charge in [-0.3, -0.25) is 29.5 Å². The lowest BCUT2D eigenvalue weighted by Gasteiger charge is -2.45. The van der Waals surface area contributed by atoms with E-state index >= 15 is 4.39 Å². The van der Waals surface area contributed by atoms with Crippen LogP contribution in [-0.2, 0) is 32.8 Å². The number of aliphatic hydroxyl groups is 4. The molecule has 0 bridgehead atoms. The first kappa shape index (κ1) is 30.8. The first-order valence-electron chi connectivity index (χ1n) is 12.7. The van der Waals surface area contributed by atoms with Gasteiger partial charge in [-0.15, -0.1) is 0 Å². The van der Waals surface area contributed by atoms with Gasteiger partial charge in [-0.1, -0.05) is 24.3 Å². The van der Waals surface area contributed by atoms with E-state index in [-0.39, 0.29) is 28.9 Å². The number of anilines is 1. The highest BCUT2D eigenvalue weighted by Crippen LogP contribution is 2.32. The second-order valence-corrected chi connectivity index (χ2v) is 10.2. The number of hydrogen-bond donors (Lipinski definition) is 6. The zero-order chi connectivity index (χ0) is 30.2. The fraction of sp³-hybridized carbons (Fsp3) is 0.423. The summed E-state index contributed by atoms with van der Waals surface area (Å²) in [5.74, 6) is -11.0. The van der Waals surface area contributed by atoms with Gasteiger partial charge in [-0.2, -0.15) is 0 Å². The molecule has 12 nitrogen and oxygen atoms in total. The number of amides is 2. The third-order valence-corrected chi connectivity index (χ3v) is 7.21. The molecule has 2 heterocycles. The molecular formula is C26H29B2FN4O8. The summed E-state index contributed by atoms with van der Waals surface area (Å²) < 4.78 is 20.6. The first-order valence-corrected chi connectivity index (χ1v) is 12.7. The largest absolute Gasteiger partial charge is 0.392 e. The average molecular weight is 566 g/mol. The van der Waals surface area contributed by atoms with E-state index in [1.54, 1.807) is 11.4 Å². The van der Waals surface area contributed by atoms with Gasteiger partial charge in [-0.05, 0) is 41.2 Å². The Balaban J connectivity index is 1.60. The molecule has 2 aromatic carbocycles. The molecule has 4 radical (unpaired) electrons. The smallest absolute Gasteiger partial charge is 0.303 e. The molecule has 2 aromatic rings. The number of ether oxygens (including phenoxy) is 1. The SMILES string of the molecule is [B]C([B])(Nc1cccc(C=O)c1CN(C)C1C(=O)NC(=O)C(O)(O)C1(O)O)c1ccc(CN2CCOCC2)cc1F. The van der Waals surface area contributed by atoms with E-state index in [0.717, 1.165) is 18.0 Å². The molecule has 0 saturated carbocycles. The number of rotatable bonds is 9. The molecule has 2 aliphatic heterocycles. The van der Waals surface area contributed by atoms with Crippen molar-refractivity contribution in [3.05, 3.63) is 64.5 Å². The van der Waals surface area contributed by atoms with Crippen LogP contribution in [0, 0.1) is 5.82 Å². The Bertz CT molecular complexity index is 1340. The number of morpholine rings is 1. The Hall–Kier alpha value is -3.17. The number of piperidine rings is 1. The average Bonchev–Trinajstić information content (AvgIpc) is 2.89. The van der Waals surface area contributed by atoms with Crippen molar-refractivity contribution in [3.63, 3.8) is 0 Å². The highest BCUT2D eigenvalue weighted by Gasteiger charge is 2.65. The number of halogens is 1. The number of hydrogen-bond acceptors (Lipinski definition) is 11. The quantitative estimate of drug-likeness (QED) is 0.0847. The number of likely N-dealkylation sites (N-methyl/N-ethyl adjacent to an activating group) is 1. The van der Waals surface area contributed by atoms with Crippen LogP contribution in [0.25, 0.3) is 0 Å². The molecule has 41 heavy (non-hydrogen) atoms.